The minimum Gasteiger partial charge on any atom is -0.360 e. The number of nitrogens with two attached hydrogens (primary N) is 1. The van der Waals surface area contributed by atoms with Gasteiger partial charge in [-0.15, -0.1) is 0 Å². The van der Waals surface area contributed by atoms with E-state index in [1.807, 2.05) is 6.07 Å². The van der Waals surface area contributed by atoms with Crippen LogP contribution in [0.1, 0.15) is 38.6 Å². The first-order valence-corrected chi connectivity index (χ1v) is 4.26. The van der Waals surface area contributed by atoms with Crippen LogP contribution in [0.25, 0.3) is 0 Å². The Bertz CT molecular complexity index is 253. The Kier molecular flexibility index (Phi) is 2.52. The summed E-state index contributed by atoms with van der Waals surface area (Å²) in [6.07, 6.45) is 1.05. The second-order valence-electron chi connectivity index (χ2n) is 3.62. The fourth-order valence-corrected chi connectivity index (χ4v) is 0.909. The van der Waals surface area contributed by atoms with Gasteiger partial charge in [-0.1, -0.05) is 25.9 Å². The Morgan fingerprint density at radius 1 is 1.58 bits per heavy atom. The molecule has 68 valence electrons. The van der Waals surface area contributed by atoms with Crippen LogP contribution in [0.3, 0.4) is 0 Å². The van der Waals surface area contributed by atoms with Crippen LogP contribution in [-0.2, 0) is 12.0 Å². The molecule has 0 aliphatic heterocycles. The van der Waals surface area contributed by atoms with Gasteiger partial charge in [-0.3, -0.25) is 0 Å². The molecule has 1 aromatic rings. The largest absolute Gasteiger partial charge is 0.360 e. The van der Waals surface area contributed by atoms with E-state index in [9.17, 15) is 0 Å². The highest BCUT2D eigenvalue weighted by atomic mass is 16.5. The van der Waals surface area contributed by atoms with Crippen molar-refractivity contribution < 1.29 is 4.52 Å². The van der Waals surface area contributed by atoms with E-state index in [1.165, 1.54) is 0 Å². The van der Waals surface area contributed by atoms with E-state index in [0.29, 0.717) is 6.54 Å². The molecule has 0 aromatic carbocycles. The van der Waals surface area contributed by atoms with Gasteiger partial charge in [0.15, 0.2) is 5.76 Å². The highest BCUT2D eigenvalue weighted by molar-refractivity contribution is 5.14. The van der Waals surface area contributed by atoms with Gasteiger partial charge in [0.2, 0.25) is 0 Å². The number of rotatable bonds is 3. The average molecular weight is 168 g/mol. The minimum atomic E-state index is 0.0942. The Hall–Kier alpha value is -0.830. The van der Waals surface area contributed by atoms with Gasteiger partial charge in [0.1, 0.15) is 0 Å². The molecular formula is C9H16N2O. The predicted octanol–water partition coefficient (Wildman–Crippen LogP) is 1.82. The van der Waals surface area contributed by atoms with Crippen molar-refractivity contribution in [2.75, 3.05) is 0 Å². The first-order chi connectivity index (χ1) is 5.60. The van der Waals surface area contributed by atoms with Gasteiger partial charge < -0.3 is 10.3 Å². The second-order valence-corrected chi connectivity index (χ2v) is 3.62. The molecule has 0 aliphatic carbocycles. The van der Waals surface area contributed by atoms with E-state index in [4.69, 9.17) is 10.3 Å². The van der Waals surface area contributed by atoms with Crippen LogP contribution >= 0.6 is 0 Å². The molecule has 0 atom stereocenters. The Balaban J connectivity index is 2.88. The topological polar surface area (TPSA) is 52.0 Å². The van der Waals surface area contributed by atoms with Gasteiger partial charge in [0.25, 0.3) is 0 Å². The molecule has 1 heterocycles. The zero-order valence-corrected chi connectivity index (χ0v) is 7.92. The van der Waals surface area contributed by atoms with E-state index in [0.717, 1.165) is 17.9 Å². The molecule has 0 fully saturated rings. The monoisotopic (exact) mass is 168 g/mol. The van der Waals surface area contributed by atoms with Crippen molar-refractivity contribution in [2.24, 2.45) is 5.73 Å². The molecule has 12 heavy (non-hydrogen) atoms. The van der Waals surface area contributed by atoms with Crippen molar-refractivity contribution in [1.29, 1.82) is 0 Å². The maximum Gasteiger partial charge on any atom is 0.150 e. The second kappa shape index (κ2) is 3.27. The lowest BCUT2D eigenvalue weighted by Crippen LogP contribution is -2.15. The third-order valence-electron chi connectivity index (χ3n) is 2.34. The molecule has 0 spiro atoms. The van der Waals surface area contributed by atoms with Crippen molar-refractivity contribution in [3.05, 3.63) is 17.5 Å². The van der Waals surface area contributed by atoms with Crippen LogP contribution < -0.4 is 5.73 Å². The van der Waals surface area contributed by atoms with Gasteiger partial charge in [-0.2, -0.15) is 0 Å². The number of nitrogens with zero attached hydrogens (tertiary/aromatic N) is 1. The molecule has 1 rings (SSSR count). The Labute approximate surface area is 72.9 Å². The van der Waals surface area contributed by atoms with E-state index in [-0.39, 0.29) is 5.41 Å². The third-order valence-corrected chi connectivity index (χ3v) is 2.34. The lowest BCUT2D eigenvalue weighted by atomic mass is 9.86. The van der Waals surface area contributed by atoms with E-state index in [1.54, 1.807) is 0 Å². The van der Waals surface area contributed by atoms with Crippen molar-refractivity contribution >= 4 is 0 Å². The average Bonchev–Trinajstić information content (AvgIpc) is 2.52. The molecule has 3 nitrogen and oxygen atoms in total. The first kappa shape index (κ1) is 9.26. The van der Waals surface area contributed by atoms with Crippen LogP contribution in [0, 0.1) is 0 Å². The normalized spacial score (nSPS) is 12.0. The summed E-state index contributed by atoms with van der Waals surface area (Å²) in [4.78, 5) is 0. The zero-order chi connectivity index (χ0) is 9.19. The van der Waals surface area contributed by atoms with Crippen LogP contribution in [-0.4, -0.2) is 5.16 Å². The maximum absolute atomic E-state index is 5.41. The van der Waals surface area contributed by atoms with E-state index >= 15 is 0 Å². The predicted molar refractivity (Wildman–Crippen MR) is 47.7 cm³/mol. The Morgan fingerprint density at radius 3 is 2.67 bits per heavy atom. The minimum absolute atomic E-state index is 0.0942. The highest BCUT2D eigenvalue weighted by Gasteiger charge is 2.22. The summed E-state index contributed by atoms with van der Waals surface area (Å²) >= 11 is 0. The molecule has 0 bridgehead atoms. The van der Waals surface area contributed by atoms with E-state index in [2.05, 4.69) is 25.9 Å². The molecule has 0 saturated heterocycles. The summed E-state index contributed by atoms with van der Waals surface area (Å²) in [5, 5.41) is 3.97. The van der Waals surface area contributed by atoms with Crippen LogP contribution in [0.2, 0.25) is 0 Å². The fourth-order valence-electron chi connectivity index (χ4n) is 0.909. The lowest BCUT2D eigenvalue weighted by molar-refractivity contribution is 0.358. The number of aromatic nitrogens is 1. The van der Waals surface area contributed by atoms with Crippen LogP contribution in [0.5, 0.6) is 0 Å². The van der Waals surface area contributed by atoms with Crippen molar-refractivity contribution in [3.63, 3.8) is 0 Å². The van der Waals surface area contributed by atoms with Gasteiger partial charge in [-0.05, 0) is 6.42 Å². The van der Waals surface area contributed by atoms with E-state index < -0.39 is 0 Å². The SMILES string of the molecule is CCC(C)(C)c1cc(CN)on1. The van der Waals surface area contributed by atoms with Gasteiger partial charge in [-0.25, -0.2) is 0 Å². The molecule has 0 aliphatic rings. The third kappa shape index (κ3) is 1.67. The standard InChI is InChI=1S/C9H16N2O/c1-4-9(2,3)8-5-7(6-10)12-11-8/h5H,4,6,10H2,1-3H3. The van der Waals surface area contributed by atoms with Gasteiger partial charge in [0, 0.05) is 11.5 Å². The summed E-state index contributed by atoms with van der Waals surface area (Å²) in [7, 11) is 0. The molecule has 1 aromatic heterocycles. The number of hydrogen-bond acceptors (Lipinski definition) is 3. The molecule has 2 N–H and O–H groups in total. The summed E-state index contributed by atoms with van der Waals surface area (Å²) < 4.78 is 5.03. The first-order valence-electron chi connectivity index (χ1n) is 4.26. The lowest BCUT2D eigenvalue weighted by Gasteiger charge is -2.18. The maximum atomic E-state index is 5.41. The quantitative estimate of drug-likeness (QED) is 0.749. The molecule has 0 amide bonds. The highest BCUT2D eigenvalue weighted by Crippen LogP contribution is 2.25. The van der Waals surface area contributed by atoms with Crippen molar-refractivity contribution in [1.82, 2.24) is 5.16 Å². The van der Waals surface area contributed by atoms with Gasteiger partial charge >= 0.3 is 0 Å². The summed E-state index contributed by atoms with van der Waals surface area (Å²) in [5.74, 6) is 0.756. The molecule has 3 heteroatoms. The van der Waals surface area contributed by atoms with Crippen LogP contribution in [0.15, 0.2) is 10.6 Å². The Morgan fingerprint density at radius 2 is 2.25 bits per heavy atom. The molecule has 0 unspecified atom stereocenters. The van der Waals surface area contributed by atoms with Crippen LogP contribution in [0.4, 0.5) is 0 Å². The fraction of sp³-hybridized carbons (Fsp3) is 0.667. The smallest absolute Gasteiger partial charge is 0.150 e. The molecule has 0 radical (unpaired) electrons. The van der Waals surface area contributed by atoms with Crippen molar-refractivity contribution in [2.45, 2.75) is 39.2 Å². The van der Waals surface area contributed by atoms with Gasteiger partial charge in [0.05, 0.1) is 12.2 Å². The molecule has 0 saturated carbocycles. The molecular weight excluding hydrogens is 152 g/mol. The summed E-state index contributed by atoms with van der Waals surface area (Å²) in [6, 6.07) is 1.93. The zero-order valence-electron chi connectivity index (χ0n) is 7.92. The summed E-state index contributed by atoms with van der Waals surface area (Å²) in [6.45, 7) is 6.85. The summed E-state index contributed by atoms with van der Waals surface area (Å²) in [5.41, 5.74) is 6.50. The number of hydrogen-bond donors (Lipinski definition) is 1. The van der Waals surface area contributed by atoms with Crippen molar-refractivity contribution in [3.8, 4) is 0 Å².